The largest absolute Gasteiger partial charge is 0.493 e. The van der Waals surface area contributed by atoms with Crippen LogP contribution in [0.1, 0.15) is 50.2 Å². The molecule has 2 atom stereocenters. The Morgan fingerprint density at radius 1 is 1.04 bits per heavy atom. The van der Waals surface area contributed by atoms with Crippen LogP contribution < -0.4 is 35.6 Å². The van der Waals surface area contributed by atoms with Crippen LogP contribution in [-0.2, 0) is 22.6 Å². The standard InChI is InChI=1S/C34H39N5O7/c1-17(2)31(34(43)36-20-8-11-24-26(14-20)38-29(16-40)37-24)39-25-12-9-21-22(15-27(25)42)23(35-18(3)41)10-7-19-13-28(44-4)32(45-5)33(46-6)30(19)21/h8-9,11-15,17,23,31,40H,7,10,16H2,1-6H3,(H,35,41)(H,36,43)(H,37,38)(H,39,42)/t23-,31-/m1/s1. The molecule has 1 aliphatic rings. The first-order valence-corrected chi connectivity index (χ1v) is 15.0. The van der Waals surface area contributed by atoms with E-state index in [2.05, 4.69) is 25.9 Å². The number of aromatic nitrogens is 2. The van der Waals surface area contributed by atoms with Crippen molar-refractivity contribution in [1.82, 2.24) is 15.3 Å². The third kappa shape index (κ3) is 6.34. The molecule has 0 aliphatic heterocycles. The molecule has 5 rings (SSSR count). The van der Waals surface area contributed by atoms with Gasteiger partial charge in [0.1, 0.15) is 18.5 Å². The summed E-state index contributed by atoms with van der Waals surface area (Å²) in [6.07, 6.45) is 1.11. The number of nitrogens with one attached hydrogen (secondary N) is 4. The number of anilines is 2. The number of nitrogens with zero attached hydrogens (tertiary/aromatic N) is 1. The third-order valence-electron chi connectivity index (χ3n) is 8.12. The number of aromatic amines is 1. The lowest BCUT2D eigenvalue weighted by Gasteiger charge is -2.22. The van der Waals surface area contributed by atoms with Crippen molar-refractivity contribution in [2.24, 2.45) is 5.92 Å². The second-order valence-corrected chi connectivity index (χ2v) is 11.5. The van der Waals surface area contributed by atoms with Gasteiger partial charge in [-0.25, -0.2) is 4.98 Å². The minimum atomic E-state index is -0.766. The fourth-order valence-corrected chi connectivity index (χ4v) is 5.96. The highest BCUT2D eigenvalue weighted by Gasteiger charge is 2.30. The normalized spacial score (nSPS) is 14.5. The number of carbonyl (C=O) groups excluding carboxylic acids is 2. The molecule has 242 valence electrons. The van der Waals surface area contributed by atoms with Crippen molar-refractivity contribution < 1.29 is 28.9 Å². The Labute approximate surface area is 266 Å². The van der Waals surface area contributed by atoms with E-state index in [-0.39, 0.29) is 35.5 Å². The molecule has 5 N–H and O–H groups in total. The molecule has 1 aromatic heterocycles. The van der Waals surface area contributed by atoms with Crippen LogP contribution in [0.15, 0.2) is 47.3 Å². The van der Waals surface area contributed by atoms with Gasteiger partial charge in [-0.1, -0.05) is 19.9 Å². The maximum Gasteiger partial charge on any atom is 0.247 e. The summed E-state index contributed by atoms with van der Waals surface area (Å²) < 4.78 is 17.1. The van der Waals surface area contributed by atoms with Crippen LogP contribution in [0.3, 0.4) is 0 Å². The zero-order valence-corrected chi connectivity index (χ0v) is 26.7. The predicted octanol–water partition coefficient (Wildman–Crippen LogP) is 4.31. The summed E-state index contributed by atoms with van der Waals surface area (Å²) in [4.78, 5) is 47.0. The lowest BCUT2D eigenvalue weighted by molar-refractivity contribution is -0.120. The van der Waals surface area contributed by atoms with Crippen LogP contribution in [0.2, 0.25) is 0 Å². The number of ether oxygens (including phenoxy) is 3. The van der Waals surface area contributed by atoms with Crippen LogP contribution >= 0.6 is 0 Å². The number of aryl methyl sites for hydroxylation is 1. The third-order valence-corrected chi connectivity index (χ3v) is 8.12. The molecule has 2 amide bonds. The minimum absolute atomic E-state index is 0.190. The van der Waals surface area contributed by atoms with Gasteiger partial charge in [-0.3, -0.25) is 14.4 Å². The van der Waals surface area contributed by atoms with E-state index in [1.807, 2.05) is 26.0 Å². The Morgan fingerprint density at radius 2 is 1.80 bits per heavy atom. The maximum atomic E-state index is 13.8. The number of imidazole rings is 1. The van der Waals surface area contributed by atoms with E-state index in [4.69, 9.17) is 14.2 Å². The molecule has 46 heavy (non-hydrogen) atoms. The molecule has 0 saturated heterocycles. The molecular formula is C34H39N5O7. The number of aliphatic hydroxyl groups excluding tert-OH is 1. The molecule has 0 saturated carbocycles. The number of fused-ring (bicyclic) bond motifs is 4. The Morgan fingerprint density at radius 3 is 2.46 bits per heavy atom. The molecule has 0 fully saturated rings. The number of carbonyl (C=O) groups is 2. The van der Waals surface area contributed by atoms with Gasteiger partial charge in [0.05, 0.1) is 44.1 Å². The van der Waals surface area contributed by atoms with Crippen LogP contribution in [-0.4, -0.2) is 54.3 Å². The number of methoxy groups -OCH3 is 3. The van der Waals surface area contributed by atoms with Gasteiger partial charge in [0.15, 0.2) is 11.5 Å². The summed E-state index contributed by atoms with van der Waals surface area (Å²) in [6, 6.07) is 10.9. The van der Waals surface area contributed by atoms with Crippen LogP contribution in [0.4, 0.5) is 11.4 Å². The molecule has 3 aromatic carbocycles. The van der Waals surface area contributed by atoms with E-state index < -0.39 is 12.1 Å². The quantitative estimate of drug-likeness (QED) is 0.172. The van der Waals surface area contributed by atoms with Crippen molar-refractivity contribution >= 4 is 34.2 Å². The predicted molar refractivity (Wildman–Crippen MR) is 176 cm³/mol. The second kappa shape index (κ2) is 13.5. The maximum absolute atomic E-state index is 13.8. The van der Waals surface area contributed by atoms with E-state index in [9.17, 15) is 19.5 Å². The van der Waals surface area contributed by atoms with Gasteiger partial charge in [-0.15, -0.1) is 0 Å². The highest BCUT2D eigenvalue weighted by Crippen LogP contribution is 2.50. The molecule has 12 nitrogen and oxygen atoms in total. The average Bonchev–Trinajstić information content (AvgIpc) is 3.31. The number of rotatable bonds is 10. The monoisotopic (exact) mass is 629 g/mol. The van der Waals surface area contributed by atoms with E-state index in [0.717, 1.165) is 11.1 Å². The smallest absolute Gasteiger partial charge is 0.247 e. The number of benzene rings is 2. The molecule has 0 unspecified atom stereocenters. The summed E-state index contributed by atoms with van der Waals surface area (Å²) in [7, 11) is 4.63. The molecule has 0 bridgehead atoms. The molecule has 1 heterocycles. The van der Waals surface area contributed by atoms with Crippen molar-refractivity contribution in [3.8, 4) is 28.4 Å². The number of hydrogen-bond donors (Lipinski definition) is 5. The number of amides is 2. The Kier molecular flexibility index (Phi) is 9.47. The molecule has 12 heteroatoms. The van der Waals surface area contributed by atoms with Crippen molar-refractivity contribution in [2.75, 3.05) is 32.0 Å². The summed E-state index contributed by atoms with van der Waals surface area (Å²) in [5.74, 6) is 1.06. The summed E-state index contributed by atoms with van der Waals surface area (Å²) in [5.41, 5.74) is 4.73. The lowest BCUT2D eigenvalue weighted by atomic mass is 9.95. The minimum Gasteiger partial charge on any atom is -0.493 e. The zero-order valence-electron chi connectivity index (χ0n) is 26.7. The molecule has 0 spiro atoms. The Balaban J connectivity index is 1.56. The van der Waals surface area contributed by atoms with Gasteiger partial charge in [-0.2, -0.15) is 0 Å². The molecular weight excluding hydrogens is 590 g/mol. The highest BCUT2D eigenvalue weighted by atomic mass is 16.5. The van der Waals surface area contributed by atoms with E-state index in [1.165, 1.54) is 20.1 Å². The fourth-order valence-electron chi connectivity index (χ4n) is 5.96. The topological polar surface area (TPSA) is 164 Å². The number of H-pyrrole nitrogens is 1. The van der Waals surface area contributed by atoms with E-state index in [1.54, 1.807) is 38.5 Å². The van der Waals surface area contributed by atoms with Gasteiger partial charge in [0, 0.05) is 18.2 Å². The van der Waals surface area contributed by atoms with Gasteiger partial charge in [0.25, 0.3) is 0 Å². The molecule has 0 radical (unpaired) electrons. The van der Waals surface area contributed by atoms with Crippen LogP contribution in [0.5, 0.6) is 17.2 Å². The zero-order chi connectivity index (χ0) is 33.1. The Hall–Kier alpha value is -5.10. The highest BCUT2D eigenvalue weighted by molar-refractivity contribution is 5.98. The van der Waals surface area contributed by atoms with Crippen molar-refractivity contribution in [3.05, 3.63) is 69.6 Å². The van der Waals surface area contributed by atoms with Crippen LogP contribution in [0.25, 0.3) is 22.2 Å². The van der Waals surface area contributed by atoms with E-state index >= 15 is 0 Å². The van der Waals surface area contributed by atoms with Crippen molar-refractivity contribution in [1.29, 1.82) is 0 Å². The Bertz CT molecular complexity index is 1850. The average molecular weight is 630 g/mol. The van der Waals surface area contributed by atoms with Crippen molar-refractivity contribution in [2.45, 2.75) is 52.3 Å². The van der Waals surface area contributed by atoms with E-state index in [0.29, 0.717) is 63.8 Å². The van der Waals surface area contributed by atoms with Gasteiger partial charge in [0.2, 0.25) is 23.0 Å². The summed E-state index contributed by atoms with van der Waals surface area (Å²) in [5, 5.41) is 18.5. The van der Waals surface area contributed by atoms with Gasteiger partial charge < -0.3 is 40.3 Å². The SMILES string of the molecule is COc1cc2c(c(OC)c1OC)-c1ccc(N[C@@H](C(=O)Nc3ccc4nc(CO)[nH]c4c3)C(C)C)c(=O)cc1[C@H](NC(C)=O)CC2. The first kappa shape index (κ1) is 32.3. The first-order valence-electron chi connectivity index (χ1n) is 15.0. The summed E-state index contributed by atoms with van der Waals surface area (Å²) in [6.45, 7) is 4.99. The first-order chi connectivity index (χ1) is 22.1. The second-order valence-electron chi connectivity index (χ2n) is 11.5. The van der Waals surface area contributed by atoms with Crippen LogP contribution in [0, 0.1) is 5.92 Å². The molecule has 1 aliphatic carbocycles. The lowest BCUT2D eigenvalue weighted by Crippen LogP contribution is -2.39. The summed E-state index contributed by atoms with van der Waals surface area (Å²) >= 11 is 0. The molecule has 4 aromatic rings. The van der Waals surface area contributed by atoms with Gasteiger partial charge in [-0.05, 0) is 71.8 Å². The number of aliphatic hydroxyl groups is 1. The number of hydrogen-bond acceptors (Lipinski definition) is 9. The van der Waals surface area contributed by atoms with Crippen molar-refractivity contribution in [3.63, 3.8) is 0 Å². The fraction of sp³-hybridized carbons (Fsp3) is 0.353. The van der Waals surface area contributed by atoms with Gasteiger partial charge >= 0.3 is 0 Å².